The number of carbonyl (C=O) groups is 1. The highest BCUT2D eigenvalue weighted by molar-refractivity contribution is 6.33. The van der Waals surface area contributed by atoms with Gasteiger partial charge >= 0.3 is 0 Å². The molecule has 0 aliphatic carbocycles. The fourth-order valence-corrected chi connectivity index (χ4v) is 4.27. The van der Waals surface area contributed by atoms with E-state index in [1.165, 1.54) is 16.8 Å². The highest BCUT2D eigenvalue weighted by Gasteiger charge is 2.29. The molecule has 2 aromatic carbocycles. The SMILES string of the molecule is Cc1onc(-c2ccccc2Cl)c1C(=O)N1CCN(Cc2nnnn2-c2cccc(F)c2)CC1. The smallest absolute Gasteiger partial charge is 0.259 e. The van der Waals surface area contributed by atoms with Gasteiger partial charge in [-0.3, -0.25) is 9.69 Å². The van der Waals surface area contributed by atoms with Crippen molar-refractivity contribution < 1.29 is 13.7 Å². The molecule has 1 aliphatic rings. The summed E-state index contributed by atoms with van der Waals surface area (Å²) >= 11 is 6.33. The van der Waals surface area contributed by atoms with Crippen LogP contribution >= 0.6 is 11.6 Å². The van der Waals surface area contributed by atoms with Gasteiger partial charge in [-0.1, -0.05) is 41.0 Å². The number of piperazine rings is 1. The summed E-state index contributed by atoms with van der Waals surface area (Å²) in [5, 5.41) is 16.5. The first-order valence-electron chi connectivity index (χ1n) is 10.8. The number of aryl methyl sites for hydroxylation is 1. The third-order valence-electron chi connectivity index (χ3n) is 5.82. The van der Waals surface area contributed by atoms with Gasteiger partial charge in [-0.25, -0.2) is 4.39 Å². The Bertz CT molecular complexity index is 1330. The summed E-state index contributed by atoms with van der Waals surface area (Å²) in [6.07, 6.45) is 0. The standard InChI is InChI=1S/C23H21ClFN7O2/c1-15-21(22(27-34-15)18-7-2-3-8-19(18)24)23(33)31-11-9-30(10-12-31)14-20-26-28-29-32(20)17-6-4-5-16(25)13-17/h2-8,13H,9-12,14H2,1H3. The summed E-state index contributed by atoms with van der Waals surface area (Å²) < 4.78 is 20.5. The highest BCUT2D eigenvalue weighted by atomic mass is 35.5. The molecule has 0 spiro atoms. The Morgan fingerprint density at radius 1 is 1.12 bits per heavy atom. The molecule has 1 aliphatic heterocycles. The molecule has 4 aromatic rings. The Labute approximate surface area is 199 Å². The van der Waals surface area contributed by atoms with Crippen LogP contribution in [0.15, 0.2) is 53.1 Å². The van der Waals surface area contributed by atoms with Crippen LogP contribution in [-0.4, -0.2) is 67.2 Å². The molecular formula is C23H21ClFN7O2. The highest BCUT2D eigenvalue weighted by Crippen LogP contribution is 2.32. The molecule has 0 radical (unpaired) electrons. The second-order valence-electron chi connectivity index (χ2n) is 8.00. The fraction of sp³-hybridized carbons (Fsp3) is 0.261. The number of nitrogens with zero attached hydrogens (tertiary/aromatic N) is 7. The minimum atomic E-state index is -0.355. The van der Waals surface area contributed by atoms with Crippen LogP contribution in [0.4, 0.5) is 4.39 Å². The Kier molecular flexibility index (Phi) is 6.08. The molecule has 9 nitrogen and oxygen atoms in total. The van der Waals surface area contributed by atoms with Crippen LogP contribution in [0.5, 0.6) is 0 Å². The monoisotopic (exact) mass is 481 g/mol. The van der Waals surface area contributed by atoms with E-state index in [1.807, 2.05) is 18.2 Å². The van der Waals surface area contributed by atoms with Crippen LogP contribution in [0.2, 0.25) is 5.02 Å². The van der Waals surface area contributed by atoms with Gasteiger partial charge in [0.05, 0.1) is 17.3 Å². The maximum absolute atomic E-state index is 13.6. The number of tetrazole rings is 1. The summed E-state index contributed by atoms with van der Waals surface area (Å²) in [5.41, 5.74) is 2.09. The summed E-state index contributed by atoms with van der Waals surface area (Å²) in [6, 6.07) is 13.4. The first kappa shape index (κ1) is 22.2. The number of aromatic nitrogens is 5. The van der Waals surface area contributed by atoms with Crippen molar-refractivity contribution in [2.24, 2.45) is 0 Å². The number of halogens is 2. The van der Waals surface area contributed by atoms with Gasteiger partial charge in [0, 0.05) is 31.7 Å². The van der Waals surface area contributed by atoms with Crippen molar-refractivity contribution in [3.8, 4) is 16.9 Å². The normalized spacial score (nSPS) is 14.5. The molecule has 0 N–H and O–H groups in total. The molecule has 0 saturated carbocycles. The summed E-state index contributed by atoms with van der Waals surface area (Å²) in [5.74, 6) is 0.557. The quantitative estimate of drug-likeness (QED) is 0.431. The molecule has 1 amide bonds. The maximum atomic E-state index is 13.6. The zero-order chi connectivity index (χ0) is 23.7. The summed E-state index contributed by atoms with van der Waals surface area (Å²) in [4.78, 5) is 17.3. The lowest BCUT2D eigenvalue weighted by Crippen LogP contribution is -2.48. The van der Waals surface area contributed by atoms with E-state index < -0.39 is 0 Å². The lowest BCUT2D eigenvalue weighted by atomic mass is 10.0. The molecule has 0 bridgehead atoms. The molecule has 1 saturated heterocycles. The molecule has 174 valence electrons. The van der Waals surface area contributed by atoms with Crippen molar-refractivity contribution in [3.63, 3.8) is 0 Å². The molecule has 2 aromatic heterocycles. The Morgan fingerprint density at radius 2 is 1.91 bits per heavy atom. The predicted octanol–water partition coefficient (Wildman–Crippen LogP) is 3.38. The maximum Gasteiger partial charge on any atom is 0.259 e. The Morgan fingerprint density at radius 3 is 2.68 bits per heavy atom. The van der Waals surface area contributed by atoms with E-state index in [0.717, 1.165) is 0 Å². The van der Waals surface area contributed by atoms with Gasteiger partial charge in [-0.15, -0.1) is 5.10 Å². The molecule has 34 heavy (non-hydrogen) atoms. The van der Waals surface area contributed by atoms with Gasteiger partial charge in [0.25, 0.3) is 5.91 Å². The molecule has 5 rings (SSSR count). The lowest BCUT2D eigenvalue weighted by molar-refractivity contribution is 0.0623. The molecule has 1 fully saturated rings. The van der Waals surface area contributed by atoms with Crippen molar-refractivity contribution in [1.29, 1.82) is 0 Å². The molecule has 11 heteroatoms. The van der Waals surface area contributed by atoms with Crippen molar-refractivity contribution in [2.75, 3.05) is 26.2 Å². The van der Waals surface area contributed by atoms with E-state index in [2.05, 4.69) is 25.6 Å². The molecular weight excluding hydrogens is 461 g/mol. The Hall–Kier alpha value is -3.63. The van der Waals surface area contributed by atoms with E-state index in [-0.39, 0.29) is 11.7 Å². The summed E-state index contributed by atoms with van der Waals surface area (Å²) in [7, 11) is 0. The first-order chi connectivity index (χ1) is 16.5. The zero-order valence-electron chi connectivity index (χ0n) is 18.4. The average Bonchev–Trinajstić information content (AvgIpc) is 3.46. The molecule has 0 unspecified atom stereocenters. The minimum Gasteiger partial charge on any atom is -0.360 e. The number of hydrogen-bond donors (Lipinski definition) is 0. The first-order valence-corrected chi connectivity index (χ1v) is 11.1. The second-order valence-corrected chi connectivity index (χ2v) is 8.40. The van der Waals surface area contributed by atoms with E-state index in [1.54, 1.807) is 30.0 Å². The zero-order valence-corrected chi connectivity index (χ0v) is 19.1. The second kappa shape index (κ2) is 9.32. The number of rotatable bonds is 5. The summed E-state index contributed by atoms with van der Waals surface area (Å²) in [6.45, 7) is 4.51. The number of hydrogen-bond acceptors (Lipinski definition) is 7. The lowest BCUT2D eigenvalue weighted by Gasteiger charge is -2.34. The largest absolute Gasteiger partial charge is 0.360 e. The van der Waals surface area contributed by atoms with Crippen LogP contribution in [0, 0.1) is 12.7 Å². The van der Waals surface area contributed by atoms with Crippen molar-refractivity contribution >= 4 is 17.5 Å². The van der Waals surface area contributed by atoms with Crippen LogP contribution < -0.4 is 0 Å². The predicted molar refractivity (Wildman–Crippen MR) is 122 cm³/mol. The van der Waals surface area contributed by atoms with Crippen molar-refractivity contribution in [1.82, 2.24) is 35.2 Å². The van der Waals surface area contributed by atoms with E-state index in [0.29, 0.717) is 71.8 Å². The van der Waals surface area contributed by atoms with E-state index in [9.17, 15) is 9.18 Å². The average molecular weight is 482 g/mol. The number of carbonyl (C=O) groups excluding carboxylic acids is 1. The van der Waals surface area contributed by atoms with Gasteiger partial charge in [0.2, 0.25) is 0 Å². The van der Waals surface area contributed by atoms with E-state index >= 15 is 0 Å². The van der Waals surface area contributed by atoms with Crippen LogP contribution in [0.3, 0.4) is 0 Å². The van der Waals surface area contributed by atoms with Crippen LogP contribution in [0.25, 0.3) is 16.9 Å². The fourth-order valence-electron chi connectivity index (χ4n) is 4.04. The van der Waals surface area contributed by atoms with Gasteiger partial charge in [0.15, 0.2) is 5.82 Å². The molecule has 3 heterocycles. The van der Waals surface area contributed by atoms with Gasteiger partial charge in [-0.2, -0.15) is 4.68 Å². The molecule has 0 atom stereocenters. The topological polar surface area (TPSA) is 93.2 Å². The van der Waals surface area contributed by atoms with Gasteiger partial charge in [-0.05, 0) is 41.6 Å². The van der Waals surface area contributed by atoms with Crippen LogP contribution in [-0.2, 0) is 6.54 Å². The Balaban J connectivity index is 1.28. The van der Waals surface area contributed by atoms with Crippen molar-refractivity contribution in [2.45, 2.75) is 13.5 Å². The van der Waals surface area contributed by atoms with Gasteiger partial charge in [0.1, 0.15) is 22.8 Å². The number of benzene rings is 2. The third-order valence-corrected chi connectivity index (χ3v) is 6.15. The van der Waals surface area contributed by atoms with E-state index in [4.69, 9.17) is 16.1 Å². The van der Waals surface area contributed by atoms with Crippen molar-refractivity contribution in [3.05, 3.63) is 76.5 Å². The van der Waals surface area contributed by atoms with Gasteiger partial charge < -0.3 is 9.42 Å². The minimum absolute atomic E-state index is 0.141. The third kappa shape index (κ3) is 4.29. The van der Waals surface area contributed by atoms with Crippen LogP contribution in [0.1, 0.15) is 21.9 Å². The number of amides is 1.